The van der Waals surface area contributed by atoms with Crippen LogP contribution >= 0.6 is 0 Å². The van der Waals surface area contributed by atoms with Gasteiger partial charge in [0.05, 0.1) is 4.90 Å². The van der Waals surface area contributed by atoms with Crippen molar-refractivity contribution >= 4 is 21.7 Å². The van der Waals surface area contributed by atoms with Crippen LogP contribution < -0.4 is 4.72 Å². The maximum Gasteiger partial charge on any atom is 0.240 e. The molecule has 1 saturated carbocycles. The molecule has 138 valence electrons. The minimum absolute atomic E-state index is 0.0354. The Morgan fingerprint density at radius 2 is 1.88 bits per heavy atom. The van der Waals surface area contributed by atoms with Gasteiger partial charge in [-0.3, -0.25) is 9.59 Å². The van der Waals surface area contributed by atoms with Crippen LogP contribution in [0, 0.1) is 0 Å². The first-order chi connectivity index (χ1) is 11.8. The summed E-state index contributed by atoms with van der Waals surface area (Å²) in [5.41, 5.74) is 0.344. The number of amides is 1. The van der Waals surface area contributed by atoms with Gasteiger partial charge in [-0.25, -0.2) is 13.1 Å². The summed E-state index contributed by atoms with van der Waals surface area (Å²) in [6, 6.07) is 6.16. The number of hydrogen-bond acceptors (Lipinski definition) is 4. The molecule has 0 radical (unpaired) electrons. The molecule has 1 N–H and O–H groups in total. The number of Topliss-reactive ketones (excluding diaryl/α,β-unsaturated/α-hetero) is 1. The highest BCUT2D eigenvalue weighted by Crippen LogP contribution is 2.22. The lowest BCUT2D eigenvalue weighted by molar-refractivity contribution is -0.132. The minimum atomic E-state index is -3.74. The summed E-state index contributed by atoms with van der Waals surface area (Å²) >= 11 is 0. The Bertz CT molecular complexity index is 724. The fourth-order valence-electron chi connectivity index (χ4n) is 3.11. The van der Waals surface area contributed by atoms with Gasteiger partial charge in [0, 0.05) is 31.6 Å². The standard InChI is InChI=1S/C18H26N2O4S/c1-14(21)15-7-6-10-17(13-15)25(23,24)19-12-11-18(22)20(2)16-8-4-3-5-9-16/h6-7,10,13,16,19H,3-5,8-9,11-12H2,1-2H3. The van der Waals surface area contributed by atoms with E-state index in [0.717, 1.165) is 25.7 Å². The fourth-order valence-corrected chi connectivity index (χ4v) is 4.18. The number of benzene rings is 1. The lowest BCUT2D eigenvalue weighted by atomic mass is 9.94. The maximum absolute atomic E-state index is 12.3. The summed E-state index contributed by atoms with van der Waals surface area (Å²) in [4.78, 5) is 25.4. The van der Waals surface area contributed by atoms with Crippen LogP contribution in [0.1, 0.15) is 55.8 Å². The molecular formula is C18H26N2O4S. The van der Waals surface area contributed by atoms with Gasteiger partial charge in [-0.05, 0) is 31.9 Å². The first-order valence-electron chi connectivity index (χ1n) is 8.67. The Labute approximate surface area is 149 Å². The highest BCUT2D eigenvalue weighted by molar-refractivity contribution is 7.89. The first kappa shape index (κ1) is 19.6. The second kappa shape index (κ2) is 8.58. The normalized spacial score (nSPS) is 15.8. The summed E-state index contributed by atoms with van der Waals surface area (Å²) in [6.07, 6.45) is 5.66. The molecule has 1 fully saturated rings. The molecule has 0 bridgehead atoms. The predicted octanol–water partition coefficient (Wildman–Crippen LogP) is 2.35. The largest absolute Gasteiger partial charge is 0.343 e. The van der Waals surface area contributed by atoms with E-state index in [1.54, 1.807) is 18.0 Å². The molecule has 0 spiro atoms. The second-order valence-electron chi connectivity index (χ2n) is 6.53. The predicted molar refractivity (Wildman–Crippen MR) is 95.9 cm³/mol. The highest BCUT2D eigenvalue weighted by atomic mass is 32.2. The smallest absolute Gasteiger partial charge is 0.240 e. The lowest BCUT2D eigenvalue weighted by Gasteiger charge is -2.31. The molecule has 6 nitrogen and oxygen atoms in total. The molecule has 0 unspecified atom stereocenters. The van der Waals surface area contributed by atoms with Gasteiger partial charge in [-0.2, -0.15) is 0 Å². The van der Waals surface area contributed by atoms with E-state index in [-0.39, 0.29) is 35.6 Å². The zero-order valence-corrected chi connectivity index (χ0v) is 15.6. The average molecular weight is 366 g/mol. The van der Waals surface area contributed by atoms with Crippen LogP contribution in [0.5, 0.6) is 0 Å². The first-order valence-corrected chi connectivity index (χ1v) is 10.2. The number of rotatable bonds is 7. The monoisotopic (exact) mass is 366 g/mol. The topological polar surface area (TPSA) is 83.5 Å². The molecule has 0 heterocycles. The summed E-state index contributed by atoms with van der Waals surface area (Å²) in [7, 11) is -1.94. The Hall–Kier alpha value is -1.73. The molecule has 1 aromatic rings. The van der Waals surface area contributed by atoms with Gasteiger partial charge in [-0.1, -0.05) is 31.4 Å². The van der Waals surface area contributed by atoms with Gasteiger partial charge in [0.25, 0.3) is 0 Å². The van der Waals surface area contributed by atoms with Crippen LogP contribution in [0.15, 0.2) is 29.2 Å². The Morgan fingerprint density at radius 1 is 1.20 bits per heavy atom. The molecular weight excluding hydrogens is 340 g/mol. The third kappa shape index (κ3) is 5.37. The summed E-state index contributed by atoms with van der Waals surface area (Å²) in [6.45, 7) is 1.43. The number of nitrogens with one attached hydrogen (secondary N) is 1. The van der Waals surface area contributed by atoms with Crippen molar-refractivity contribution in [1.29, 1.82) is 0 Å². The van der Waals surface area contributed by atoms with Crippen molar-refractivity contribution < 1.29 is 18.0 Å². The zero-order valence-electron chi connectivity index (χ0n) is 14.8. The van der Waals surface area contributed by atoms with Crippen LogP contribution in [0.25, 0.3) is 0 Å². The molecule has 0 saturated heterocycles. The van der Waals surface area contributed by atoms with E-state index in [2.05, 4.69) is 4.72 Å². The number of nitrogens with zero attached hydrogens (tertiary/aromatic N) is 1. The maximum atomic E-state index is 12.3. The number of ketones is 1. The Balaban J connectivity index is 1.90. The van der Waals surface area contributed by atoms with Gasteiger partial charge in [0.15, 0.2) is 5.78 Å². The molecule has 2 rings (SSSR count). The van der Waals surface area contributed by atoms with Crippen molar-refractivity contribution in [2.24, 2.45) is 0 Å². The summed E-state index contributed by atoms with van der Waals surface area (Å²) in [5, 5.41) is 0. The van der Waals surface area contributed by atoms with Crippen molar-refractivity contribution in [3.05, 3.63) is 29.8 Å². The molecule has 7 heteroatoms. The summed E-state index contributed by atoms with van der Waals surface area (Å²) in [5.74, 6) is -0.242. The van der Waals surface area contributed by atoms with E-state index in [9.17, 15) is 18.0 Å². The fraction of sp³-hybridized carbons (Fsp3) is 0.556. The molecule has 1 amide bonds. The van der Waals surface area contributed by atoms with Crippen molar-refractivity contribution in [1.82, 2.24) is 9.62 Å². The van der Waals surface area contributed by atoms with E-state index in [1.165, 1.54) is 31.5 Å². The van der Waals surface area contributed by atoms with Crippen LogP contribution in [0.4, 0.5) is 0 Å². The molecule has 25 heavy (non-hydrogen) atoms. The van der Waals surface area contributed by atoms with Gasteiger partial charge in [0.1, 0.15) is 0 Å². The van der Waals surface area contributed by atoms with Gasteiger partial charge in [0.2, 0.25) is 15.9 Å². The zero-order chi connectivity index (χ0) is 18.4. The SMILES string of the molecule is CC(=O)c1cccc(S(=O)(=O)NCCC(=O)N(C)C2CCCCC2)c1. The van der Waals surface area contributed by atoms with Gasteiger partial charge < -0.3 is 4.90 Å². The average Bonchev–Trinajstić information content (AvgIpc) is 2.61. The number of carbonyl (C=O) groups excluding carboxylic acids is 2. The van der Waals surface area contributed by atoms with E-state index in [1.807, 2.05) is 0 Å². The highest BCUT2D eigenvalue weighted by Gasteiger charge is 2.22. The van der Waals surface area contributed by atoms with Gasteiger partial charge in [-0.15, -0.1) is 0 Å². The molecule has 1 aromatic carbocycles. The van der Waals surface area contributed by atoms with Crippen molar-refractivity contribution in [2.45, 2.75) is 56.4 Å². The van der Waals surface area contributed by atoms with E-state index in [0.29, 0.717) is 5.56 Å². The lowest BCUT2D eigenvalue weighted by Crippen LogP contribution is -2.39. The quantitative estimate of drug-likeness (QED) is 0.751. The van der Waals surface area contributed by atoms with E-state index in [4.69, 9.17) is 0 Å². The molecule has 1 aliphatic carbocycles. The second-order valence-corrected chi connectivity index (χ2v) is 8.30. The third-order valence-corrected chi connectivity index (χ3v) is 6.16. The van der Waals surface area contributed by atoms with Crippen LogP contribution in [-0.2, 0) is 14.8 Å². The molecule has 1 aliphatic rings. The molecule has 0 aliphatic heterocycles. The van der Waals surface area contributed by atoms with Gasteiger partial charge >= 0.3 is 0 Å². The van der Waals surface area contributed by atoms with Crippen LogP contribution in [0.3, 0.4) is 0 Å². The third-order valence-electron chi connectivity index (χ3n) is 4.70. The summed E-state index contributed by atoms with van der Waals surface area (Å²) < 4.78 is 27.1. The van der Waals surface area contributed by atoms with Crippen LogP contribution in [-0.4, -0.2) is 44.6 Å². The Kier molecular flexibility index (Phi) is 6.72. The van der Waals surface area contributed by atoms with Crippen LogP contribution in [0.2, 0.25) is 0 Å². The van der Waals surface area contributed by atoms with E-state index >= 15 is 0 Å². The Morgan fingerprint density at radius 3 is 2.52 bits per heavy atom. The van der Waals surface area contributed by atoms with Crippen molar-refractivity contribution in [3.63, 3.8) is 0 Å². The van der Waals surface area contributed by atoms with Crippen molar-refractivity contribution in [3.8, 4) is 0 Å². The molecule has 0 aromatic heterocycles. The van der Waals surface area contributed by atoms with Crippen molar-refractivity contribution in [2.75, 3.05) is 13.6 Å². The number of sulfonamides is 1. The minimum Gasteiger partial charge on any atom is -0.343 e. The number of hydrogen-bond donors (Lipinski definition) is 1. The number of carbonyl (C=O) groups is 2. The molecule has 0 atom stereocenters. The van der Waals surface area contributed by atoms with E-state index < -0.39 is 10.0 Å².